The van der Waals surface area contributed by atoms with E-state index >= 15 is 0 Å². The van der Waals surface area contributed by atoms with Crippen molar-refractivity contribution in [1.29, 1.82) is 0 Å². The van der Waals surface area contributed by atoms with Gasteiger partial charge in [-0.15, -0.1) is 0 Å². The van der Waals surface area contributed by atoms with E-state index in [0.717, 1.165) is 6.07 Å². The molecule has 1 aliphatic heterocycles. The first kappa shape index (κ1) is 14.4. The van der Waals surface area contributed by atoms with Crippen LogP contribution in [0.5, 0.6) is 0 Å². The van der Waals surface area contributed by atoms with E-state index in [1.165, 1.54) is 12.1 Å². The Bertz CT molecular complexity index is 431. The van der Waals surface area contributed by atoms with Crippen molar-refractivity contribution >= 4 is 0 Å². The predicted molar refractivity (Wildman–Crippen MR) is 67.8 cm³/mol. The van der Waals surface area contributed by atoms with Gasteiger partial charge in [0.1, 0.15) is 0 Å². The number of β-amino-alcohol motifs (C(OH)–C–C–N with tert-alkyl or cyclic N) is 1. The van der Waals surface area contributed by atoms with E-state index in [4.69, 9.17) is 4.74 Å². The molecule has 1 N–H and O–H groups in total. The third-order valence-corrected chi connectivity index (χ3v) is 3.27. The van der Waals surface area contributed by atoms with Gasteiger partial charge in [-0.2, -0.15) is 0 Å². The lowest BCUT2D eigenvalue weighted by Crippen LogP contribution is -2.46. The largest absolute Gasteiger partial charge is 0.387 e. The Morgan fingerprint density at radius 2 is 1.95 bits per heavy atom. The van der Waals surface area contributed by atoms with E-state index in [1.54, 1.807) is 0 Å². The fourth-order valence-electron chi connectivity index (χ4n) is 2.55. The molecular formula is C14H19F2NO2. The van der Waals surface area contributed by atoms with Gasteiger partial charge in [-0.3, -0.25) is 4.90 Å². The Balaban J connectivity index is 2.04. The van der Waals surface area contributed by atoms with E-state index in [0.29, 0.717) is 13.1 Å². The van der Waals surface area contributed by atoms with Crippen molar-refractivity contribution in [2.45, 2.75) is 32.2 Å². The highest BCUT2D eigenvalue weighted by Crippen LogP contribution is 2.21. The van der Waals surface area contributed by atoms with Crippen molar-refractivity contribution in [3.05, 3.63) is 35.4 Å². The number of hydrogen-bond acceptors (Lipinski definition) is 3. The van der Waals surface area contributed by atoms with Crippen molar-refractivity contribution in [3.63, 3.8) is 0 Å². The highest BCUT2D eigenvalue weighted by atomic mass is 19.2. The third kappa shape index (κ3) is 3.49. The van der Waals surface area contributed by atoms with Crippen molar-refractivity contribution in [2.24, 2.45) is 0 Å². The van der Waals surface area contributed by atoms with E-state index < -0.39 is 17.7 Å². The molecule has 1 aliphatic rings. The van der Waals surface area contributed by atoms with Crippen molar-refractivity contribution in [3.8, 4) is 0 Å². The lowest BCUT2D eigenvalue weighted by atomic mass is 10.1. The van der Waals surface area contributed by atoms with Crippen LogP contribution in [0, 0.1) is 11.6 Å². The molecule has 106 valence electrons. The maximum atomic E-state index is 13.6. The maximum Gasteiger partial charge on any atom is 0.164 e. The molecule has 0 aromatic heterocycles. The molecular weight excluding hydrogens is 252 g/mol. The average molecular weight is 271 g/mol. The Kier molecular flexibility index (Phi) is 4.50. The second-order valence-corrected chi connectivity index (χ2v) is 5.13. The fraction of sp³-hybridized carbons (Fsp3) is 0.571. The molecule has 0 spiro atoms. The van der Waals surface area contributed by atoms with E-state index in [1.807, 2.05) is 18.7 Å². The summed E-state index contributed by atoms with van der Waals surface area (Å²) in [6.07, 6.45) is -0.880. The van der Waals surface area contributed by atoms with Crippen LogP contribution >= 0.6 is 0 Å². The van der Waals surface area contributed by atoms with E-state index in [-0.39, 0.29) is 24.3 Å². The Hall–Kier alpha value is -1.04. The molecule has 19 heavy (non-hydrogen) atoms. The topological polar surface area (TPSA) is 32.7 Å². The van der Waals surface area contributed by atoms with Crippen molar-refractivity contribution in [2.75, 3.05) is 19.6 Å². The summed E-state index contributed by atoms with van der Waals surface area (Å²) in [6, 6.07) is 3.86. The van der Waals surface area contributed by atoms with Gasteiger partial charge in [0.25, 0.3) is 0 Å². The summed E-state index contributed by atoms with van der Waals surface area (Å²) < 4.78 is 32.3. The Morgan fingerprint density at radius 1 is 1.32 bits per heavy atom. The number of morpholine rings is 1. The van der Waals surface area contributed by atoms with Gasteiger partial charge in [-0.05, 0) is 19.9 Å². The molecule has 0 amide bonds. The number of ether oxygens (including phenoxy) is 1. The molecule has 1 saturated heterocycles. The zero-order valence-electron chi connectivity index (χ0n) is 11.1. The smallest absolute Gasteiger partial charge is 0.164 e. The Labute approximate surface area is 111 Å². The summed E-state index contributed by atoms with van der Waals surface area (Å²) in [6.45, 7) is 5.55. The first-order valence-electron chi connectivity index (χ1n) is 6.47. The molecule has 5 heteroatoms. The summed E-state index contributed by atoms with van der Waals surface area (Å²) in [5.74, 6) is -1.90. The van der Waals surface area contributed by atoms with Crippen LogP contribution in [0.4, 0.5) is 8.78 Å². The summed E-state index contributed by atoms with van der Waals surface area (Å²) in [5.41, 5.74) is 0.00629. The highest BCUT2D eigenvalue weighted by molar-refractivity contribution is 5.21. The maximum absolute atomic E-state index is 13.6. The van der Waals surface area contributed by atoms with Gasteiger partial charge in [0.2, 0.25) is 0 Å². The molecule has 1 aromatic rings. The molecule has 0 radical (unpaired) electrons. The zero-order chi connectivity index (χ0) is 14.0. The lowest BCUT2D eigenvalue weighted by Gasteiger charge is -2.36. The minimum Gasteiger partial charge on any atom is -0.387 e. The standard InChI is InChI=1S/C14H19F2NO2/c1-9-6-17(7-10(2)19-9)8-13(18)11-4-3-5-12(15)14(11)16/h3-5,9-10,13,18H,6-8H2,1-2H3/t9-,10+,13?. The molecule has 2 rings (SSSR count). The number of aliphatic hydroxyl groups excluding tert-OH is 1. The summed E-state index contributed by atoms with van der Waals surface area (Å²) in [4.78, 5) is 2.01. The highest BCUT2D eigenvalue weighted by Gasteiger charge is 2.25. The minimum absolute atomic E-state index is 0.00629. The van der Waals surface area contributed by atoms with Gasteiger partial charge in [-0.25, -0.2) is 8.78 Å². The molecule has 1 heterocycles. The van der Waals surface area contributed by atoms with Crippen LogP contribution in [0.3, 0.4) is 0 Å². The van der Waals surface area contributed by atoms with Crippen LogP contribution in [0.1, 0.15) is 25.5 Å². The second kappa shape index (κ2) is 5.94. The van der Waals surface area contributed by atoms with Gasteiger partial charge < -0.3 is 9.84 Å². The van der Waals surface area contributed by atoms with E-state index in [9.17, 15) is 13.9 Å². The fourth-order valence-corrected chi connectivity index (χ4v) is 2.55. The lowest BCUT2D eigenvalue weighted by molar-refractivity contribution is -0.0769. The number of halogens is 2. The number of benzene rings is 1. The number of aliphatic hydroxyl groups is 1. The molecule has 0 saturated carbocycles. The summed E-state index contributed by atoms with van der Waals surface area (Å²) in [5, 5.41) is 10.1. The molecule has 1 fully saturated rings. The van der Waals surface area contributed by atoms with Gasteiger partial charge in [0, 0.05) is 25.2 Å². The van der Waals surface area contributed by atoms with Crippen LogP contribution < -0.4 is 0 Å². The molecule has 1 aromatic carbocycles. The zero-order valence-corrected chi connectivity index (χ0v) is 11.1. The van der Waals surface area contributed by atoms with Crippen molar-refractivity contribution < 1.29 is 18.6 Å². The summed E-state index contributed by atoms with van der Waals surface area (Å²) in [7, 11) is 0. The molecule has 0 bridgehead atoms. The molecule has 3 atom stereocenters. The van der Waals surface area contributed by atoms with Crippen LogP contribution in [-0.4, -0.2) is 41.8 Å². The quantitative estimate of drug-likeness (QED) is 0.914. The van der Waals surface area contributed by atoms with Gasteiger partial charge >= 0.3 is 0 Å². The number of rotatable bonds is 3. The summed E-state index contributed by atoms with van der Waals surface area (Å²) >= 11 is 0. The second-order valence-electron chi connectivity index (χ2n) is 5.13. The van der Waals surface area contributed by atoms with Gasteiger partial charge in [-0.1, -0.05) is 12.1 Å². The van der Waals surface area contributed by atoms with Gasteiger partial charge in [0.15, 0.2) is 11.6 Å². The van der Waals surface area contributed by atoms with Crippen LogP contribution in [0.15, 0.2) is 18.2 Å². The average Bonchev–Trinajstić information content (AvgIpc) is 2.31. The molecule has 0 aliphatic carbocycles. The third-order valence-electron chi connectivity index (χ3n) is 3.27. The Morgan fingerprint density at radius 3 is 2.58 bits per heavy atom. The number of hydrogen-bond donors (Lipinski definition) is 1. The first-order chi connectivity index (χ1) is 8.97. The predicted octanol–water partition coefficient (Wildman–Crippen LogP) is 2.11. The van der Waals surface area contributed by atoms with Gasteiger partial charge in [0.05, 0.1) is 18.3 Å². The van der Waals surface area contributed by atoms with Crippen LogP contribution in [-0.2, 0) is 4.74 Å². The minimum atomic E-state index is -1.03. The van der Waals surface area contributed by atoms with Crippen molar-refractivity contribution in [1.82, 2.24) is 4.90 Å². The molecule has 1 unspecified atom stereocenters. The van der Waals surface area contributed by atoms with Crippen LogP contribution in [0.2, 0.25) is 0 Å². The first-order valence-corrected chi connectivity index (χ1v) is 6.47. The molecule has 3 nitrogen and oxygen atoms in total. The SMILES string of the molecule is C[C@@H]1CN(CC(O)c2cccc(F)c2F)C[C@H](C)O1. The normalized spacial score (nSPS) is 26.4. The monoisotopic (exact) mass is 271 g/mol. The number of nitrogens with zero attached hydrogens (tertiary/aromatic N) is 1. The van der Waals surface area contributed by atoms with E-state index in [2.05, 4.69) is 0 Å². The van der Waals surface area contributed by atoms with Crippen LogP contribution in [0.25, 0.3) is 0 Å².